The molecule has 0 radical (unpaired) electrons. The maximum atomic E-state index is 11.8. The fourth-order valence-corrected chi connectivity index (χ4v) is 2.75. The van der Waals surface area contributed by atoms with E-state index in [-0.39, 0.29) is 10.3 Å². The minimum Gasteiger partial charge on any atom is -0.387 e. The van der Waals surface area contributed by atoms with Crippen molar-refractivity contribution < 1.29 is 24.0 Å². The maximum Gasteiger partial charge on any atom is 0.380 e. The number of aromatic amines is 2. The summed E-state index contributed by atoms with van der Waals surface area (Å²) in [6.45, 7) is -0.403. The van der Waals surface area contributed by atoms with E-state index < -0.39 is 42.7 Å². The quantitative estimate of drug-likeness (QED) is 0.459. The Morgan fingerprint density at radius 2 is 2.10 bits per heavy atom. The van der Waals surface area contributed by atoms with E-state index in [2.05, 4.69) is 14.5 Å². The lowest BCUT2D eigenvalue weighted by Crippen LogP contribution is -2.33. The second-order valence-electron chi connectivity index (χ2n) is 4.31. The Bertz CT molecular complexity index is 675. The van der Waals surface area contributed by atoms with Crippen LogP contribution in [0.5, 0.6) is 0 Å². The lowest BCUT2D eigenvalue weighted by atomic mass is 10.0. The molecule has 1 saturated heterocycles. The highest BCUT2D eigenvalue weighted by Gasteiger charge is 2.45. The van der Waals surface area contributed by atoms with Crippen LogP contribution in [0.4, 0.5) is 0 Å². The molecule has 4 N–H and O–H groups in total. The number of nitrogens with one attached hydrogen (secondary N) is 2. The molecule has 0 aliphatic carbocycles. The molecule has 8 nitrogen and oxygen atoms in total. The maximum absolute atomic E-state index is 11.8. The zero-order valence-electron chi connectivity index (χ0n) is 10.2. The smallest absolute Gasteiger partial charge is 0.380 e. The van der Waals surface area contributed by atoms with E-state index in [1.165, 1.54) is 6.20 Å². The van der Waals surface area contributed by atoms with Gasteiger partial charge in [-0.2, -0.15) is 0 Å². The zero-order valence-corrected chi connectivity index (χ0v) is 13.5. The van der Waals surface area contributed by atoms with Crippen LogP contribution in [0.2, 0.25) is 0 Å². The third-order valence-electron chi connectivity index (χ3n) is 2.91. The van der Waals surface area contributed by atoms with Gasteiger partial charge in [0, 0.05) is 6.20 Å². The van der Waals surface area contributed by atoms with Gasteiger partial charge in [0.25, 0.3) is 5.56 Å². The van der Waals surface area contributed by atoms with Crippen molar-refractivity contribution in [3.8, 4) is 0 Å². The van der Waals surface area contributed by atoms with Gasteiger partial charge in [-0.05, 0) is 34.7 Å². The van der Waals surface area contributed by atoms with Crippen molar-refractivity contribution in [2.75, 3.05) is 6.61 Å². The normalized spacial score (nSPS) is 29.7. The van der Waals surface area contributed by atoms with E-state index in [9.17, 15) is 19.6 Å². The molecule has 2 rings (SSSR count). The average Bonchev–Trinajstić information content (AvgIpc) is 2.64. The van der Waals surface area contributed by atoms with Crippen molar-refractivity contribution in [3.05, 3.63) is 26.9 Å². The average molecular weight is 377 g/mol. The van der Waals surface area contributed by atoms with E-state index in [4.69, 9.17) is 39.4 Å². The molecule has 12 heteroatoms. The molecular formula is C9H11Cl2N2O6PS. The summed E-state index contributed by atoms with van der Waals surface area (Å²) in [7, 11) is 0. The standard InChI is InChI=1S/C9H11Cl2N2O6PS/c10-20(11,17)18-2-4-5(14)6(15)7(19-4)3-1-12-9(21)13-8(3)16/h1,4-7,14-15H,2H2,(H2,12,13,16,21)/t4-,5?,6+,7+/m1/s1. The minimum absolute atomic E-state index is 0.0533. The number of H-pyrrole nitrogens is 2. The number of halogens is 2. The number of hydrogen-bond donors (Lipinski definition) is 4. The van der Waals surface area contributed by atoms with E-state index in [0.717, 1.165) is 0 Å². The van der Waals surface area contributed by atoms with Gasteiger partial charge in [0.2, 0.25) is 0 Å². The molecule has 1 aliphatic rings. The van der Waals surface area contributed by atoms with Crippen molar-refractivity contribution in [2.24, 2.45) is 0 Å². The van der Waals surface area contributed by atoms with Crippen LogP contribution in [0.25, 0.3) is 0 Å². The highest BCUT2D eigenvalue weighted by Crippen LogP contribution is 2.57. The SMILES string of the molecule is O=c1[nH]c(=S)[nH]cc1[C@@H]1O[C@H](COP(=O)(Cl)Cl)C(O)[C@@H]1O. The van der Waals surface area contributed by atoms with Gasteiger partial charge >= 0.3 is 6.07 Å². The van der Waals surface area contributed by atoms with Crippen LogP contribution in [0.3, 0.4) is 0 Å². The molecule has 2 heterocycles. The van der Waals surface area contributed by atoms with Gasteiger partial charge in [0.1, 0.15) is 24.4 Å². The van der Waals surface area contributed by atoms with Crippen molar-refractivity contribution in [2.45, 2.75) is 24.4 Å². The van der Waals surface area contributed by atoms with Crippen LogP contribution in [0.15, 0.2) is 11.0 Å². The molecule has 1 unspecified atom stereocenters. The first kappa shape index (κ1) is 17.1. The summed E-state index contributed by atoms with van der Waals surface area (Å²) in [5.41, 5.74) is -0.505. The second-order valence-corrected chi connectivity index (χ2v) is 9.00. The Hall–Kier alpha value is -0.250. The summed E-state index contributed by atoms with van der Waals surface area (Å²) in [5, 5.41) is 19.8. The molecule has 118 valence electrons. The van der Waals surface area contributed by atoms with Crippen molar-refractivity contribution in [3.63, 3.8) is 0 Å². The van der Waals surface area contributed by atoms with Gasteiger partial charge in [-0.3, -0.25) is 14.3 Å². The molecule has 0 aromatic carbocycles. The Morgan fingerprint density at radius 3 is 2.67 bits per heavy atom. The lowest BCUT2D eigenvalue weighted by Gasteiger charge is -2.14. The molecule has 0 bridgehead atoms. The molecule has 0 amide bonds. The van der Waals surface area contributed by atoms with E-state index in [1.54, 1.807) is 0 Å². The van der Waals surface area contributed by atoms with Crippen LogP contribution in [0, 0.1) is 4.77 Å². The minimum atomic E-state index is -3.79. The topological polar surface area (TPSA) is 125 Å². The summed E-state index contributed by atoms with van der Waals surface area (Å²) in [6, 6.07) is 0. The number of ether oxygens (including phenoxy) is 1. The molecule has 0 saturated carbocycles. The molecule has 1 fully saturated rings. The molecule has 21 heavy (non-hydrogen) atoms. The van der Waals surface area contributed by atoms with Crippen LogP contribution in [-0.4, -0.2) is 45.1 Å². The van der Waals surface area contributed by atoms with Gasteiger partial charge < -0.3 is 24.5 Å². The van der Waals surface area contributed by atoms with Gasteiger partial charge in [0.15, 0.2) is 4.77 Å². The summed E-state index contributed by atoms with van der Waals surface area (Å²) in [4.78, 5) is 16.7. The monoisotopic (exact) mass is 376 g/mol. The molecule has 0 spiro atoms. The Labute approximate surface area is 133 Å². The zero-order chi connectivity index (χ0) is 15.8. The van der Waals surface area contributed by atoms with Gasteiger partial charge in [-0.15, -0.1) is 0 Å². The van der Waals surface area contributed by atoms with E-state index in [1.807, 2.05) is 0 Å². The van der Waals surface area contributed by atoms with Crippen molar-refractivity contribution in [1.29, 1.82) is 0 Å². The molecule has 1 aromatic rings. The molecule has 1 aromatic heterocycles. The Balaban J connectivity index is 2.18. The van der Waals surface area contributed by atoms with Gasteiger partial charge in [0.05, 0.1) is 12.2 Å². The highest BCUT2D eigenvalue weighted by molar-refractivity contribution is 8.05. The van der Waals surface area contributed by atoms with Crippen LogP contribution < -0.4 is 5.56 Å². The van der Waals surface area contributed by atoms with Gasteiger partial charge in [-0.1, -0.05) is 0 Å². The number of aliphatic hydroxyl groups excluding tert-OH is 2. The number of aromatic nitrogens is 2. The largest absolute Gasteiger partial charge is 0.387 e. The lowest BCUT2D eigenvalue weighted by molar-refractivity contribution is -0.0158. The summed E-state index contributed by atoms with van der Waals surface area (Å²) in [5.74, 6) is 0. The number of aliphatic hydroxyl groups is 2. The highest BCUT2D eigenvalue weighted by atomic mass is 35.9. The Kier molecular flexibility index (Phi) is 5.27. The third kappa shape index (κ3) is 4.14. The molecule has 4 atom stereocenters. The first-order valence-electron chi connectivity index (χ1n) is 5.66. The van der Waals surface area contributed by atoms with Crippen LogP contribution >= 0.6 is 40.8 Å². The van der Waals surface area contributed by atoms with Crippen LogP contribution in [0.1, 0.15) is 11.7 Å². The summed E-state index contributed by atoms with van der Waals surface area (Å²) >= 11 is 15.2. The number of hydrogen-bond acceptors (Lipinski definition) is 7. The van der Waals surface area contributed by atoms with E-state index in [0.29, 0.717) is 0 Å². The predicted molar refractivity (Wildman–Crippen MR) is 77.1 cm³/mol. The van der Waals surface area contributed by atoms with Gasteiger partial charge in [-0.25, -0.2) is 0 Å². The van der Waals surface area contributed by atoms with E-state index >= 15 is 0 Å². The van der Waals surface area contributed by atoms with Crippen molar-refractivity contribution >= 4 is 40.8 Å². The molecular weight excluding hydrogens is 366 g/mol. The second kappa shape index (κ2) is 6.47. The first-order chi connectivity index (χ1) is 9.69. The van der Waals surface area contributed by atoms with Crippen LogP contribution in [-0.2, 0) is 13.8 Å². The van der Waals surface area contributed by atoms with Crippen molar-refractivity contribution in [1.82, 2.24) is 9.97 Å². The first-order valence-corrected chi connectivity index (χ1v) is 9.51. The fraction of sp³-hybridized carbons (Fsp3) is 0.556. The summed E-state index contributed by atoms with van der Waals surface area (Å²) < 4.78 is 21.1. The summed E-state index contributed by atoms with van der Waals surface area (Å²) in [6.07, 6.45) is -7.40. The fourth-order valence-electron chi connectivity index (χ4n) is 1.94. The Morgan fingerprint density at radius 1 is 1.43 bits per heavy atom. The third-order valence-corrected chi connectivity index (χ3v) is 4.16. The number of rotatable bonds is 4. The molecule has 1 aliphatic heterocycles. The predicted octanol–water partition coefficient (Wildman–Crippen LogP) is 1.20.